The van der Waals surface area contributed by atoms with Crippen molar-refractivity contribution in [3.8, 4) is 0 Å². The molecule has 132 valence electrons. The van der Waals surface area contributed by atoms with Gasteiger partial charge in [-0.15, -0.1) is 0 Å². The van der Waals surface area contributed by atoms with Gasteiger partial charge in [0.15, 0.2) is 0 Å². The van der Waals surface area contributed by atoms with Crippen LogP contribution in [0.25, 0.3) is 0 Å². The van der Waals surface area contributed by atoms with Crippen LogP contribution in [0.2, 0.25) is 0 Å². The van der Waals surface area contributed by atoms with Gasteiger partial charge in [0.05, 0.1) is 13.2 Å². The SMILES string of the molecule is O=C(NCCOCCc1ccccc1)C(=O)Nc1c(F)cccc1F. The molecule has 5 nitrogen and oxygen atoms in total. The highest BCUT2D eigenvalue weighted by molar-refractivity contribution is 6.39. The van der Waals surface area contributed by atoms with E-state index < -0.39 is 29.1 Å². The minimum absolute atomic E-state index is 0.112. The van der Waals surface area contributed by atoms with Gasteiger partial charge in [0.25, 0.3) is 0 Å². The van der Waals surface area contributed by atoms with Crippen molar-refractivity contribution in [2.75, 3.05) is 25.1 Å². The highest BCUT2D eigenvalue weighted by Gasteiger charge is 2.17. The topological polar surface area (TPSA) is 67.4 Å². The largest absolute Gasteiger partial charge is 0.379 e. The van der Waals surface area contributed by atoms with Crippen molar-refractivity contribution < 1.29 is 23.1 Å². The van der Waals surface area contributed by atoms with Crippen LogP contribution >= 0.6 is 0 Å². The summed E-state index contributed by atoms with van der Waals surface area (Å²) in [5.41, 5.74) is 0.486. The lowest BCUT2D eigenvalue weighted by Gasteiger charge is -2.08. The van der Waals surface area contributed by atoms with Crippen molar-refractivity contribution in [3.63, 3.8) is 0 Å². The molecule has 2 rings (SSSR count). The molecule has 0 saturated heterocycles. The fourth-order valence-corrected chi connectivity index (χ4v) is 2.04. The van der Waals surface area contributed by atoms with Gasteiger partial charge in [-0.25, -0.2) is 8.78 Å². The highest BCUT2D eigenvalue weighted by Crippen LogP contribution is 2.17. The molecule has 2 aromatic carbocycles. The predicted molar refractivity (Wildman–Crippen MR) is 89.0 cm³/mol. The van der Waals surface area contributed by atoms with Gasteiger partial charge in [-0.3, -0.25) is 9.59 Å². The van der Waals surface area contributed by atoms with Crippen molar-refractivity contribution in [1.82, 2.24) is 5.32 Å². The van der Waals surface area contributed by atoms with Gasteiger partial charge < -0.3 is 15.4 Å². The zero-order valence-corrected chi connectivity index (χ0v) is 13.4. The normalized spacial score (nSPS) is 10.3. The van der Waals surface area contributed by atoms with E-state index in [2.05, 4.69) is 5.32 Å². The molecule has 0 aromatic heterocycles. The van der Waals surface area contributed by atoms with Gasteiger partial charge in [0.2, 0.25) is 0 Å². The van der Waals surface area contributed by atoms with E-state index in [-0.39, 0.29) is 13.2 Å². The molecule has 2 N–H and O–H groups in total. The first-order valence-corrected chi connectivity index (χ1v) is 7.73. The molecule has 0 saturated carbocycles. The third kappa shape index (κ3) is 5.96. The van der Waals surface area contributed by atoms with Crippen LogP contribution in [-0.2, 0) is 20.7 Å². The van der Waals surface area contributed by atoms with Crippen LogP contribution in [0, 0.1) is 11.6 Å². The number of anilines is 1. The quantitative estimate of drug-likeness (QED) is 0.596. The first-order chi connectivity index (χ1) is 12.1. The van der Waals surface area contributed by atoms with Gasteiger partial charge in [-0.05, 0) is 24.1 Å². The summed E-state index contributed by atoms with van der Waals surface area (Å²) in [6.07, 6.45) is 0.738. The van der Waals surface area contributed by atoms with Crippen LogP contribution in [0.3, 0.4) is 0 Å². The Kier molecular flexibility index (Phi) is 7.03. The molecule has 0 aliphatic carbocycles. The lowest BCUT2D eigenvalue weighted by Crippen LogP contribution is -2.37. The van der Waals surface area contributed by atoms with E-state index >= 15 is 0 Å². The Labute approximate surface area is 144 Å². The molecule has 2 amide bonds. The number of ether oxygens (including phenoxy) is 1. The maximum absolute atomic E-state index is 13.4. The average molecular weight is 348 g/mol. The minimum atomic E-state index is -1.15. The molecule has 0 radical (unpaired) electrons. The number of benzene rings is 2. The van der Waals surface area contributed by atoms with Crippen molar-refractivity contribution in [2.45, 2.75) is 6.42 Å². The molecule has 0 unspecified atom stereocenters. The van der Waals surface area contributed by atoms with Gasteiger partial charge >= 0.3 is 11.8 Å². The van der Waals surface area contributed by atoms with Crippen LogP contribution in [-0.4, -0.2) is 31.6 Å². The van der Waals surface area contributed by atoms with E-state index in [0.717, 1.165) is 30.2 Å². The first kappa shape index (κ1) is 18.5. The van der Waals surface area contributed by atoms with Crippen molar-refractivity contribution >= 4 is 17.5 Å². The van der Waals surface area contributed by atoms with E-state index in [9.17, 15) is 18.4 Å². The standard InChI is InChI=1S/C18H18F2N2O3/c19-14-7-4-8-15(20)16(14)22-18(24)17(23)21-10-12-25-11-9-13-5-2-1-3-6-13/h1-8H,9-12H2,(H,21,23)(H,22,24). The number of para-hydroxylation sites is 1. The van der Waals surface area contributed by atoms with Gasteiger partial charge in [0, 0.05) is 6.54 Å². The lowest BCUT2D eigenvalue weighted by atomic mass is 10.2. The molecule has 0 bridgehead atoms. The molecular formula is C18H18F2N2O3. The first-order valence-electron chi connectivity index (χ1n) is 7.73. The zero-order chi connectivity index (χ0) is 18.1. The van der Waals surface area contributed by atoms with Gasteiger partial charge in [-0.1, -0.05) is 36.4 Å². The summed E-state index contributed by atoms with van der Waals surface area (Å²) < 4.78 is 32.2. The van der Waals surface area contributed by atoms with Crippen LogP contribution in [0.5, 0.6) is 0 Å². The zero-order valence-electron chi connectivity index (χ0n) is 13.4. The molecule has 0 aliphatic rings. The van der Waals surface area contributed by atoms with Crippen molar-refractivity contribution in [2.24, 2.45) is 0 Å². The third-order valence-corrected chi connectivity index (χ3v) is 3.32. The van der Waals surface area contributed by atoms with E-state index in [4.69, 9.17) is 4.74 Å². The molecule has 0 atom stereocenters. The van der Waals surface area contributed by atoms with E-state index in [1.54, 1.807) is 0 Å². The number of rotatable bonds is 7. The maximum atomic E-state index is 13.4. The number of carbonyl (C=O) groups is 2. The van der Waals surface area contributed by atoms with Crippen molar-refractivity contribution in [1.29, 1.82) is 0 Å². The Bertz CT molecular complexity index is 703. The van der Waals surface area contributed by atoms with Gasteiger partial charge in [0.1, 0.15) is 17.3 Å². The smallest absolute Gasteiger partial charge is 0.313 e. The van der Waals surface area contributed by atoms with Crippen molar-refractivity contribution in [3.05, 3.63) is 65.7 Å². The second-order valence-corrected chi connectivity index (χ2v) is 5.15. The molecule has 0 spiro atoms. The maximum Gasteiger partial charge on any atom is 0.313 e. The number of amides is 2. The van der Waals surface area contributed by atoms with Crippen LogP contribution in [0.1, 0.15) is 5.56 Å². The van der Waals surface area contributed by atoms with E-state index in [1.165, 1.54) is 0 Å². The second-order valence-electron chi connectivity index (χ2n) is 5.15. The van der Waals surface area contributed by atoms with Gasteiger partial charge in [-0.2, -0.15) is 0 Å². The Morgan fingerprint density at radius 3 is 2.24 bits per heavy atom. The monoisotopic (exact) mass is 348 g/mol. The summed E-state index contributed by atoms with van der Waals surface area (Å²) in [5, 5.41) is 4.23. The fourth-order valence-electron chi connectivity index (χ4n) is 2.04. The second kappa shape index (κ2) is 9.48. The molecule has 0 aliphatic heterocycles. The Morgan fingerprint density at radius 1 is 0.880 bits per heavy atom. The molecule has 0 heterocycles. The summed E-state index contributed by atoms with van der Waals surface area (Å²) in [7, 11) is 0. The number of hydrogen-bond donors (Lipinski definition) is 2. The summed E-state index contributed by atoms with van der Waals surface area (Å²) in [6, 6.07) is 12.9. The molecular weight excluding hydrogens is 330 g/mol. The average Bonchev–Trinajstić information content (AvgIpc) is 2.61. The highest BCUT2D eigenvalue weighted by atomic mass is 19.1. The number of halogens is 2. The Morgan fingerprint density at radius 2 is 1.56 bits per heavy atom. The molecule has 7 heteroatoms. The van der Waals surface area contributed by atoms with Crippen LogP contribution < -0.4 is 10.6 Å². The fraction of sp³-hybridized carbons (Fsp3) is 0.222. The number of carbonyl (C=O) groups excluding carboxylic acids is 2. The lowest BCUT2D eigenvalue weighted by molar-refractivity contribution is -0.136. The van der Waals surface area contributed by atoms with Crippen LogP contribution in [0.15, 0.2) is 48.5 Å². The summed E-state index contributed by atoms with van der Waals surface area (Å²) >= 11 is 0. The van der Waals surface area contributed by atoms with E-state index in [1.807, 2.05) is 35.6 Å². The molecule has 2 aromatic rings. The van der Waals surface area contributed by atoms with E-state index in [0.29, 0.717) is 6.61 Å². The molecule has 0 fully saturated rings. The molecule has 25 heavy (non-hydrogen) atoms. The summed E-state index contributed by atoms with van der Waals surface area (Å²) in [6.45, 7) is 0.813. The number of nitrogens with one attached hydrogen (secondary N) is 2. The Hall–Kier alpha value is -2.80. The predicted octanol–water partition coefficient (Wildman–Crippen LogP) is 2.28. The Balaban J connectivity index is 1.65. The summed E-state index contributed by atoms with van der Waals surface area (Å²) in [4.78, 5) is 23.2. The summed E-state index contributed by atoms with van der Waals surface area (Å²) in [5.74, 6) is -4.04. The van der Waals surface area contributed by atoms with Crippen LogP contribution in [0.4, 0.5) is 14.5 Å². The third-order valence-electron chi connectivity index (χ3n) is 3.32. The number of hydrogen-bond acceptors (Lipinski definition) is 3. The minimum Gasteiger partial charge on any atom is -0.379 e.